The molecule has 4 nitrogen and oxygen atoms in total. The first-order chi connectivity index (χ1) is 9.35. The van der Waals surface area contributed by atoms with Crippen molar-refractivity contribution < 1.29 is 5.11 Å². The number of rotatable bonds is 7. The van der Waals surface area contributed by atoms with Crippen LogP contribution in [0.4, 0.5) is 0 Å². The van der Waals surface area contributed by atoms with E-state index in [0.717, 1.165) is 38.9 Å². The highest BCUT2D eigenvalue weighted by Gasteiger charge is 2.30. The normalized spacial score (nSPS) is 28.8. The maximum absolute atomic E-state index is 9.39. The number of nitrogens with zero attached hydrogens (tertiary/aromatic N) is 3. The van der Waals surface area contributed by atoms with Crippen molar-refractivity contribution in [2.75, 3.05) is 32.8 Å². The van der Waals surface area contributed by atoms with Crippen LogP contribution in [-0.4, -0.2) is 59.8 Å². The van der Waals surface area contributed by atoms with Gasteiger partial charge < -0.3 is 5.11 Å². The number of hydrogen-bond donors (Lipinski definition) is 1. The van der Waals surface area contributed by atoms with Gasteiger partial charge in [0.15, 0.2) is 0 Å². The second-order valence-electron chi connectivity index (χ2n) is 5.92. The molecule has 2 fully saturated rings. The molecule has 108 valence electrons. The molecule has 2 atom stereocenters. The lowest BCUT2D eigenvalue weighted by atomic mass is 10.1. The van der Waals surface area contributed by atoms with E-state index >= 15 is 0 Å². The molecule has 0 amide bonds. The van der Waals surface area contributed by atoms with Gasteiger partial charge in [-0.15, -0.1) is 0 Å². The Hall–Kier alpha value is -0.630. The van der Waals surface area contributed by atoms with Crippen LogP contribution in [0.3, 0.4) is 0 Å². The first-order valence-corrected chi connectivity index (χ1v) is 7.81. The molecule has 0 aromatic rings. The number of hydrogen-bond acceptors (Lipinski definition) is 4. The van der Waals surface area contributed by atoms with E-state index in [2.05, 4.69) is 15.9 Å². The minimum absolute atomic E-state index is 0.314. The van der Waals surface area contributed by atoms with Gasteiger partial charge >= 0.3 is 0 Å². The highest BCUT2D eigenvalue weighted by molar-refractivity contribution is 4.87. The van der Waals surface area contributed by atoms with E-state index in [0.29, 0.717) is 25.1 Å². The zero-order valence-corrected chi connectivity index (χ0v) is 11.9. The van der Waals surface area contributed by atoms with Gasteiger partial charge in [0.1, 0.15) is 0 Å². The molecule has 2 aliphatic heterocycles. The summed E-state index contributed by atoms with van der Waals surface area (Å²) in [6, 6.07) is 3.30. The number of aliphatic hydroxyl groups excluding tert-OH is 1. The van der Waals surface area contributed by atoms with E-state index in [1.165, 1.54) is 25.8 Å². The predicted molar refractivity (Wildman–Crippen MR) is 75.7 cm³/mol. The quantitative estimate of drug-likeness (QED) is 0.710. The molecule has 0 aromatic carbocycles. The minimum Gasteiger partial charge on any atom is -0.395 e. The van der Waals surface area contributed by atoms with E-state index in [4.69, 9.17) is 5.26 Å². The molecule has 0 aromatic heterocycles. The van der Waals surface area contributed by atoms with Crippen molar-refractivity contribution in [3.63, 3.8) is 0 Å². The van der Waals surface area contributed by atoms with Gasteiger partial charge in [-0.3, -0.25) is 9.80 Å². The van der Waals surface area contributed by atoms with E-state index < -0.39 is 0 Å². The second kappa shape index (κ2) is 7.84. The predicted octanol–water partition coefficient (Wildman–Crippen LogP) is 1.60. The highest BCUT2D eigenvalue weighted by Crippen LogP contribution is 2.23. The van der Waals surface area contributed by atoms with Gasteiger partial charge in [0.05, 0.1) is 12.7 Å². The summed E-state index contributed by atoms with van der Waals surface area (Å²) in [6.07, 6.45) is 7.87. The van der Waals surface area contributed by atoms with Crippen LogP contribution >= 0.6 is 0 Å². The van der Waals surface area contributed by atoms with Crippen molar-refractivity contribution in [3.8, 4) is 6.07 Å². The van der Waals surface area contributed by atoms with E-state index in [1.807, 2.05) is 0 Å². The maximum Gasteiger partial charge on any atom is 0.0621 e. The third-order valence-corrected chi connectivity index (χ3v) is 4.64. The number of aliphatic hydroxyl groups is 1. The molecule has 0 bridgehead atoms. The molecule has 2 aliphatic rings. The second-order valence-corrected chi connectivity index (χ2v) is 5.92. The standard InChI is InChI=1S/C15H27N3O/c16-8-2-1-3-9-17-10-4-6-14(17)12-18-11-5-7-15(18)13-19/h14-15,19H,1-7,9-13H2. The largest absolute Gasteiger partial charge is 0.395 e. The van der Waals surface area contributed by atoms with E-state index in [-0.39, 0.29) is 0 Å². The molecule has 0 radical (unpaired) electrons. The van der Waals surface area contributed by atoms with Gasteiger partial charge in [-0.1, -0.05) is 0 Å². The summed E-state index contributed by atoms with van der Waals surface area (Å²) < 4.78 is 0. The third-order valence-electron chi connectivity index (χ3n) is 4.64. The van der Waals surface area contributed by atoms with Gasteiger partial charge in [0.25, 0.3) is 0 Å². The smallest absolute Gasteiger partial charge is 0.0621 e. The first kappa shape index (κ1) is 14.8. The Balaban J connectivity index is 1.74. The van der Waals surface area contributed by atoms with Gasteiger partial charge in [0, 0.05) is 25.0 Å². The minimum atomic E-state index is 0.314. The van der Waals surface area contributed by atoms with Crippen LogP contribution in [-0.2, 0) is 0 Å². The molecule has 19 heavy (non-hydrogen) atoms. The third kappa shape index (κ3) is 4.17. The summed E-state index contributed by atoms with van der Waals surface area (Å²) >= 11 is 0. The SMILES string of the molecule is N#CCCCCN1CCCC1CN1CCCC1CO. The van der Waals surface area contributed by atoms with Crippen molar-refractivity contribution >= 4 is 0 Å². The monoisotopic (exact) mass is 265 g/mol. The Morgan fingerprint density at radius 2 is 1.79 bits per heavy atom. The molecule has 0 aliphatic carbocycles. The Morgan fingerprint density at radius 3 is 2.53 bits per heavy atom. The van der Waals surface area contributed by atoms with Crippen molar-refractivity contribution in [3.05, 3.63) is 0 Å². The van der Waals surface area contributed by atoms with Crippen molar-refractivity contribution in [1.82, 2.24) is 9.80 Å². The summed E-state index contributed by atoms with van der Waals surface area (Å²) in [7, 11) is 0. The lowest BCUT2D eigenvalue weighted by molar-refractivity contribution is 0.122. The maximum atomic E-state index is 9.39. The summed E-state index contributed by atoms with van der Waals surface area (Å²) in [5.41, 5.74) is 0. The molecule has 2 heterocycles. The van der Waals surface area contributed by atoms with Gasteiger partial charge in [-0.05, 0) is 58.2 Å². The fourth-order valence-electron chi connectivity index (χ4n) is 3.53. The summed E-state index contributed by atoms with van der Waals surface area (Å²) in [5.74, 6) is 0. The Kier molecular flexibility index (Phi) is 6.09. The van der Waals surface area contributed by atoms with Crippen LogP contribution in [0.2, 0.25) is 0 Å². The van der Waals surface area contributed by atoms with Crippen LogP contribution in [0, 0.1) is 11.3 Å². The average molecular weight is 265 g/mol. The van der Waals surface area contributed by atoms with Crippen LogP contribution in [0.5, 0.6) is 0 Å². The lowest BCUT2D eigenvalue weighted by Crippen LogP contribution is -2.43. The molecular formula is C15H27N3O. The van der Waals surface area contributed by atoms with Gasteiger partial charge in [-0.2, -0.15) is 5.26 Å². The van der Waals surface area contributed by atoms with E-state index in [1.54, 1.807) is 0 Å². The number of unbranched alkanes of at least 4 members (excludes halogenated alkanes) is 2. The summed E-state index contributed by atoms with van der Waals surface area (Å²) in [4.78, 5) is 5.09. The van der Waals surface area contributed by atoms with Gasteiger partial charge in [0.2, 0.25) is 0 Å². The highest BCUT2D eigenvalue weighted by atomic mass is 16.3. The molecule has 0 saturated carbocycles. The number of likely N-dealkylation sites (tertiary alicyclic amines) is 2. The molecular weight excluding hydrogens is 238 g/mol. The molecule has 2 unspecified atom stereocenters. The van der Waals surface area contributed by atoms with Crippen molar-refractivity contribution in [1.29, 1.82) is 5.26 Å². The topological polar surface area (TPSA) is 50.5 Å². The van der Waals surface area contributed by atoms with Crippen LogP contribution in [0.1, 0.15) is 44.9 Å². The molecule has 2 rings (SSSR count). The van der Waals surface area contributed by atoms with E-state index in [9.17, 15) is 5.11 Å². The Morgan fingerprint density at radius 1 is 1.05 bits per heavy atom. The first-order valence-electron chi connectivity index (χ1n) is 7.81. The Labute approximate surface area is 117 Å². The van der Waals surface area contributed by atoms with Gasteiger partial charge in [-0.25, -0.2) is 0 Å². The summed E-state index contributed by atoms with van der Waals surface area (Å²) in [5, 5.41) is 18.0. The fourth-order valence-corrected chi connectivity index (χ4v) is 3.53. The zero-order chi connectivity index (χ0) is 13.5. The fraction of sp³-hybridized carbons (Fsp3) is 0.933. The number of nitriles is 1. The van der Waals surface area contributed by atoms with Crippen LogP contribution in [0.15, 0.2) is 0 Å². The molecule has 0 spiro atoms. The van der Waals surface area contributed by atoms with Crippen molar-refractivity contribution in [2.45, 2.75) is 57.0 Å². The lowest BCUT2D eigenvalue weighted by Gasteiger charge is -2.31. The molecule has 2 saturated heterocycles. The van der Waals surface area contributed by atoms with Crippen molar-refractivity contribution in [2.24, 2.45) is 0 Å². The zero-order valence-electron chi connectivity index (χ0n) is 11.9. The van der Waals surface area contributed by atoms with Crippen LogP contribution < -0.4 is 0 Å². The molecule has 4 heteroatoms. The van der Waals surface area contributed by atoms with Crippen LogP contribution in [0.25, 0.3) is 0 Å². The summed E-state index contributed by atoms with van der Waals surface area (Å²) in [6.45, 7) is 4.96. The molecule has 1 N–H and O–H groups in total. The average Bonchev–Trinajstić information content (AvgIpc) is 3.04. The Bertz CT molecular complexity index is 302.